The zero-order chi connectivity index (χ0) is 24.3. The summed E-state index contributed by atoms with van der Waals surface area (Å²) in [6.07, 6.45) is 4.54. The van der Waals surface area contributed by atoms with Crippen molar-refractivity contribution in [1.29, 1.82) is 0 Å². The Morgan fingerprint density at radius 1 is 1.00 bits per heavy atom. The van der Waals surface area contributed by atoms with Crippen LogP contribution < -0.4 is 4.74 Å². The number of rotatable bonds is 7. The minimum atomic E-state index is -0.950. The summed E-state index contributed by atoms with van der Waals surface area (Å²) < 4.78 is 6.50. The van der Waals surface area contributed by atoms with Crippen molar-refractivity contribution in [1.82, 2.24) is 9.88 Å². The third kappa shape index (κ3) is 4.79. The van der Waals surface area contributed by atoms with Crippen molar-refractivity contribution in [3.63, 3.8) is 0 Å². The Bertz CT molecular complexity index is 1120. The third-order valence-corrected chi connectivity index (χ3v) is 7.14. The maximum Gasteiger partial charge on any atom is 0.266 e. The van der Waals surface area contributed by atoms with Crippen LogP contribution >= 0.6 is 0 Å². The summed E-state index contributed by atoms with van der Waals surface area (Å²) in [6.45, 7) is 8.89. The first-order valence-corrected chi connectivity index (χ1v) is 12.0. The molecule has 3 aromatic rings. The van der Waals surface area contributed by atoms with Crippen LogP contribution in [0.2, 0.25) is 0 Å². The minimum absolute atomic E-state index is 0.00722. The molecule has 1 unspecified atom stereocenters. The quantitative estimate of drug-likeness (QED) is 0.534. The lowest BCUT2D eigenvalue weighted by Gasteiger charge is -2.39. The molecule has 0 bridgehead atoms. The summed E-state index contributed by atoms with van der Waals surface area (Å²) in [5.74, 6) is 1.09. The van der Waals surface area contributed by atoms with Gasteiger partial charge in [-0.2, -0.15) is 0 Å². The Labute approximate surface area is 202 Å². The highest BCUT2D eigenvalue weighted by Gasteiger charge is 2.43. The highest BCUT2D eigenvalue weighted by molar-refractivity contribution is 5.86. The van der Waals surface area contributed by atoms with E-state index in [9.17, 15) is 9.90 Å². The Balaban J connectivity index is 1.58. The third-order valence-electron chi connectivity index (χ3n) is 7.14. The smallest absolute Gasteiger partial charge is 0.266 e. The monoisotopic (exact) mass is 458 g/mol. The second-order valence-electron chi connectivity index (χ2n) is 9.46. The van der Waals surface area contributed by atoms with Gasteiger partial charge in [0.2, 0.25) is 0 Å². The summed E-state index contributed by atoms with van der Waals surface area (Å²) in [6, 6.07) is 16.1. The Hall–Kier alpha value is -3.34. The van der Waals surface area contributed by atoms with Gasteiger partial charge in [0, 0.05) is 43.4 Å². The van der Waals surface area contributed by atoms with Crippen LogP contribution in [0.5, 0.6) is 11.5 Å². The Morgan fingerprint density at radius 2 is 1.71 bits per heavy atom. The summed E-state index contributed by atoms with van der Waals surface area (Å²) in [7, 11) is 0. The number of phenols is 1. The van der Waals surface area contributed by atoms with Crippen LogP contribution in [0.1, 0.15) is 46.9 Å². The van der Waals surface area contributed by atoms with Crippen molar-refractivity contribution in [2.24, 2.45) is 0 Å². The molecule has 2 aromatic carbocycles. The van der Waals surface area contributed by atoms with E-state index in [2.05, 4.69) is 17.1 Å². The molecule has 1 aromatic heterocycles. The Kier molecular flexibility index (Phi) is 6.92. The van der Waals surface area contributed by atoms with Gasteiger partial charge in [-0.05, 0) is 74.9 Å². The van der Waals surface area contributed by atoms with Crippen molar-refractivity contribution < 1.29 is 14.6 Å². The van der Waals surface area contributed by atoms with Crippen molar-refractivity contribution in [3.05, 3.63) is 88.2 Å². The molecule has 1 atom stereocenters. The zero-order valence-corrected chi connectivity index (χ0v) is 20.6. The van der Waals surface area contributed by atoms with Gasteiger partial charge in [0.1, 0.15) is 11.5 Å². The summed E-state index contributed by atoms with van der Waals surface area (Å²) in [5, 5.41) is 10.5. The molecule has 34 heavy (non-hydrogen) atoms. The second-order valence-corrected chi connectivity index (χ2v) is 9.46. The number of benzene rings is 2. The van der Waals surface area contributed by atoms with Crippen molar-refractivity contribution in [2.75, 3.05) is 13.1 Å². The van der Waals surface area contributed by atoms with Gasteiger partial charge < -0.3 is 14.7 Å². The van der Waals surface area contributed by atoms with Gasteiger partial charge in [0.25, 0.3) is 5.91 Å². The van der Waals surface area contributed by atoms with E-state index < -0.39 is 5.60 Å². The molecular formula is C29H34N2O3. The number of nitrogens with zero attached hydrogens (tertiary/aromatic N) is 2. The fourth-order valence-corrected chi connectivity index (χ4v) is 4.75. The van der Waals surface area contributed by atoms with E-state index in [0.717, 1.165) is 40.1 Å². The zero-order valence-electron chi connectivity index (χ0n) is 20.6. The molecule has 1 N–H and O–H groups in total. The fraction of sp³-hybridized carbons (Fsp3) is 0.379. The summed E-state index contributed by atoms with van der Waals surface area (Å²) in [5.41, 5.74) is 4.80. The van der Waals surface area contributed by atoms with Crippen molar-refractivity contribution in [2.45, 2.75) is 59.0 Å². The molecule has 0 saturated heterocycles. The van der Waals surface area contributed by atoms with Gasteiger partial charge in [-0.3, -0.25) is 9.78 Å². The lowest BCUT2D eigenvalue weighted by Crippen LogP contribution is -2.53. The van der Waals surface area contributed by atoms with Crippen LogP contribution in [-0.4, -0.2) is 39.6 Å². The normalized spacial score (nSPS) is 17.1. The number of carbonyl (C=O) groups excluding carboxylic acids is 1. The SMILES string of the molecule is Cc1c(C)c2c(c(C)c1O)CCC(C)(C(=O)N(CCc1ccccc1)CCc1ccccn1)O2. The number of pyridine rings is 1. The number of ether oxygens (including phenoxy) is 1. The second kappa shape index (κ2) is 9.88. The number of hydrogen-bond acceptors (Lipinski definition) is 4. The molecule has 1 aliphatic heterocycles. The van der Waals surface area contributed by atoms with Crippen LogP contribution in [0.3, 0.4) is 0 Å². The molecule has 178 valence electrons. The van der Waals surface area contributed by atoms with Crippen LogP contribution in [0.4, 0.5) is 0 Å². The van der Waals surface area contributed by atoms with Gasteiger partial charge >= 0.3 is 0 Å². The maximum atomic E-state index is 14.0. The predicted octanol–water partition coefficient (Wildman–Crippen LogP) is 5.11. The number of aromatic hydroxyl groups is 1. The van der Waals surface area contributed by atoms with E-state index in [1.54, 1.807) is 6.20 Å². The first-order chi connectivity index (χ1) is 16.3. The summed E-state index contributed by atoms with van der Waals surface area (Å²) >= 11 is 0. The van der Waals surface area contributed by atoms with Crippen LogP contribution in [0.15, 0.2) is 54.7 Å². The van der Waals surface area contributed by atoms with E-state index in [1.165, 1.54) is 5.56 Å². The first-order valence-electron chi connectivity index (χ1n) is 12.0. The molecule has 2 heterocycles. The van der Waals surface area contributed by atoms with Crippen molar-refractivity contribution in [3.8, 4) is 11.5 Å². The first kappa shape index (κ1) is 23.8. The highest BCUT2D eigenvalue weighted by Crippen LogP contribution is 2.43. The maximum absolute atomic E-state index is 14.0. The van der Waals surface area contributed by atoms with Crippen LogP contribution in [0.25, 0.3) is 0 Å². The predicted molar refractivity (Wildman–Crippen MR) is 134 cm³/mol. The van der Waals surface area contributed by atoms with Gasteiger partial charge in [0.15, 0.2) is 5.60 Å². The number of hydrogen-bond donors (Lipinski definition) is 1. The standard InChI is InChI=1S/C29H34N2O3/c1-20-21(2)27-25(22(3)26(20)32)13-16-29(4,34-27)28(33)31(18-14-23-10-6-5-7-11-23)19-15-24-12-8-9-17-30-24/h5-12,17,32H,13-16,18-19H2,1-4H3. The number of amides is 1. The number of carbonyl (C=O) groups is 1. The Morgan fingerprint density at radius 3 is 2.41 bits per heavy atom. The highest BCUT2D eigenvalue weighted by atomic mass is 16.5. The van der Waals surface area contributed by atoms with Crippen LogP contribution in [0, 0.1) is 20.8 Å². The van der Waals surface area contributed by atoms with E-state index in [-0.39, 0.29) is 5.91 Å². The molecule has 0 aliphatic carbocycles. The molecule has 4 rings (SSSR count). The fourth-order valence-electron chi connectivity index (χ4n) is 4.75. The lowest BCUT2D eigenvalue weighted by atomic mass is 9.86. The minimum Gasteiger partial charge on any atom is -0.507 e. The van der Waals surface area contributed by atoms with E-state index in [4.69, 9.17) is 4.74 Å². The van der Waals surface area contributed by atoms with Gasteiger partial charge in [-0.1, -0.05) is 36.4 Å². The molecule has 1 amide bonds. The number of phenolic OH excluding ortho intramolecular Hbond substituents is 1. The molecule has 0 spiro atoms. The van der Waals surface area contributed by atoms with E-state index >= 15 is 0 Å². The topological polar surface area (TPSA) is 62.7 Å². The molecule has 0 fully saturated rings. The van der Waals surface area contributed by atoms with E-state index in [0.29, 0.717) is 38.1 Å². The molecule has 5 nitrogen and oxygen atoms in total. The molecule has 0 saturated carbocycles. The molecule has 5 heteroatoms. The molecule has 0 radical (unpaired) electrons. The summed E-state index contributed by atoms with van der Waals surface area (Å²) in [4.78, 5) is 20.3. The van der Waals surface area contributed by atoms with Gasteiger partial charge in [0.05, 0.1) is 0 Å². The van der Waals surface area contributed by atoms with Crippen molar-refractivity contribution >= 4 is 5.91 Å². The van der Waals surface area contributed by atoms with Crippen LogP contribution in [-0.2, 0) is 24.1 Å². The lowest BCUT2D eigenvalue weighted by molar-refractivity contribution is -0.148. The van der Waals surface area contributed by atoms with Gasteiger partial charge in [-0.25, -0.2) is 0 Å². The average Bonchev–Trinajstić information content (AvgIpc) is 2.87. The number of aromatic nitrogens is 1. The average molecular weight is 459 g/mol. The van der Waals surface area contributed by atoms with E-state index in [1.807, 2.05) is 69.0 Å². The number of fused-ring (bicyclic) bond motifs is 1. The largest absolute Gasteiger partial charge is 0.507 e. The van der Waals surface area contributed by atoms with Gasteiger partial charge in [-0.15, -0.1) is 0 Å². The molecule has 1 aliphatic rings. The molecular weight excluding hydrogens is 424 g/mol.